The third-order valence-electron chi connectivity index (χ3n) is 4.86. The average Bonchev–Trinajstić information content (AvgIpc) is 2.54. The van der Waals surface area contributed by atoms with E-state index in [-0.39, 0.29) is 0 Å². The number of rotatable bonds is 6. The van der Waals surface area contributed by atoms with E-state index in [9.17, 15) is 0 Å². The van der Waals surface area contributed by atoms with Gasteiger partial charge in [0.15, 0.2) is 0 Å². The second-order valence-electron chi connectivity index (χ2n) is 6.10. The van der Waals surface area contributed by atoms with Gasteiger partial charge < -0.3 is 10.5 Å². The first-order valence-corrected chi connectivity index (χ1v) is 8.34. The van der Waals surface area contributed by atoms with Gasteiger partial charge in [-0.15, -0.1) is 0 Å². The first kappa shape index (κ1) is 16.3. The van der Waals surface area contributed by atoms with Crippen molar-refractivity contribution in [1.29, 1.82) is 0 Å². The molecule has 1 aromatic carbocycles. The summed E-state index contributed by atoms with van der Waals surface area (Å²) in [6.07, 6.45) is 5.95. The Morgan fingerprint density at radius 3 is 2.24 bits per heavy atom. The molecule has 1 aliphatic rings. The Labute approximate surface area is 129 Å². The molecule has 0 aliphatic heterocycles. The molecule has 3 heteroatoms. The van der Waals surface area contributed by atoms with Crippen LogP contribution in [0.1, 0.15) is 57.6 Å². The second-order valence-corrected chi connectivity index (χ2v) is 6.10. The summed E-state index contributed by atoms with van der Waals surface area (Å²) in [5.41, 5.74) is 7.46. The summed E-state index contributed by atoms with van der Waals surface area (Å²) in [4.78, 5) is 2.67. The van der Waals surface area contributed by atoms with Gasteiger partial charge in [-0.3, -0.25) is 4.90 Å². The smallest absolute Gasteiger partial charge is 0.118 e. The zero-order valence-corrected chi connectivity index (χ0v) is 13.7. The lowest BCUT2D eigenvalue weighted by Crippen LogP contribution is -2.42. The van der Waals surface area contributed by atoms with Crippen LogP contribution in [-0.2, 0) is 0 Å². The molecule has 0 saturated heterocycles. The summed E-state index contributed by atoms with van der Waals surface area (Å²) >= 11 is 0. The molecule has 1 aromatic rings. The predicted octanol–water partition coefficient (Wildman–Crippen LogP) is 3.74. The van der Waals surface area contributed by atoms with Gasteiger partial charge in [0.1, 0.15) is 5.75 Å². The van der Waals surface area contributed by atoms with Crippen molar-refractivity contribution in [2.24, 2.45) is 5.73 Å². The van der Waals surface area contributed by atoms with Crippen molar-refractivity contribution in [2.45, 2.75) is 64.1 Å². The summed E-state index contributed by atoms with van der Waals surface area (Å²) in [6, 6.07) is 10.2. The van der Waals surface area contributed by atoms with E-state index in [4.69, 9.17) is 10.5 Å². The number of hydrogen-bond acceptors (Lipinski definition) is 3. The van der Waals surface area contributed by atoms with Crippen molar-refractivity contribution in [3.63, 3.8) is 0 Å². The van der Waals surface area contributed by atoms with Crippen molar-refractivity contribution < 1.29 is 4.74 Å². The minimum Gasteiger partial charge on any atom is -0.497 e. The third-order valence-corrected chi connectivity index (χ3v) is 4.86. The summed E-state index contributed by atoms with van der Waals surface area (Å²) in [5, 5.41) is 0. The maximum atomic E-state index is 6.06. The van der Waals surface area contributed by atoms with Gasteiger partial charge >= 0.3 is 0 Å². The van der Waals surface area contributed by atoms with Gasteiger partial charge in [0.05, 0.1) is 7.11 Å². The highest BCUT2D eigenvalue weighted by Gasteiger charge is 2.28. The zero-order chi connectivity index (χ0) is 15.2. The second kappa shape index (κ2) is 7.81. The van der Waals surface area contributed by atoms with Crippen LogP contribution >= 0.6 is 0 Å². The van der Waals surface area contributed by atoms with Gasteiger partial charge in [0.25, 0.3) is 0 Å². The van der Waals surface area contributed by atoms with Crippen molar-refractivity contribution in [3.05, 3.63) is 29.8 Å². The van der Waals surface area contributed by atoms with E-state index in [0.717, 1.165) is 18.7 Å². The van der Waals surface area contributed by atoms with Crippen LogP contribution in [-0.4, -0.2) is 30.6 Å². The third kappa shape index (κ3) is 3.98. The van der Waals surface area contributed by atoms with Crippen LogP contribution in [0.3, 0.4) is 0 Å². The maximum Gasteiger partial charge on any atom is 0.118 e. The van der Waals surface area contributed by atoms with E-state index in [1.54, 1.807) is 7.11 Å². The lowest BCUT2D eigenvalue weighted by atomic mass is 9.88. The Morgan fingerprint density at radius 1 is 1.14 bits per heavy atom. The van der Waals surface area contributed by atoms with Gasteiger partial charge in [-0.2, -0.15) is 0 Å². The van der Waals surface area contributed by atoms with E-state index in [1.165, 1.54) is 31.2 Å². The molecule has 1 aliphatic carbocycles. The molecule has 0 bridgehead atoms. The molecule has 1 fully saturated rings. The fraction of sp³-hybridized carbons (Fsp3) is 0.667. The largest absolute Gasteiger partial charge is 0.497 e. The lowest BCUT2D eigenvalue weighted by molar-refractivity contribution is 0.103. The van der Waals surface area contributed by atoms with Gasteiger partial charge in [-0.1, -0.05) is 26.0 Å². The van der Waals surface area contributed by atoms with Crippen LogP contribution in [0.15, 0.2) is 24.3 Å². The first-order chi connectivity index (χ1) is 10.2. The molecule has 1 saturated carbocycles. The Kier molecular flexibility index (Phi) is 6.07. The van der Waals surface area contributed by atoms with Crippen LogP contribution < -0.4 is 10.5 Å². The van der Waals surface area contributed by atoms with Crippen molar-refractivity contribution in [2.75, 3.05) is 13.7 Å². The van der Waals surface area contributed by atoms with Crippen LogP contribution in [0.5, 0.6) is 5.75 Å². The maximum absolute atomic E-state index is 6.06. The van der Waals surface area contributed by atoms with Crippen molar-refractivity contribution in [3.8, 4) is 5.75 Å². The number of methoxy groups -OCH3 is 1. The minimum atomic E-state index is 0.418. The molecule has 0 heterocycles. The highest BCUT2D eigenvalue weighted by atomic mass is 16.5. The Balaban J connectivity index is 2.12. The van der Waals surface area contributed by atoms with Crippen molar-refractivity contribution >= 4 is 0 Å². The molecule has 0 aromatic heterocycles. The number of benzene rings is 1. The molecule has 3 nitrogen and oxygen atoms in total. The summed E-state index contributed by atoms with van der Waals surface area (Å²) in [7, 11) is 1.72. The topological polar surface area (TPSA) is 38.5 Å². The summed E-state index contributed by atoms with van der Waals surface area (Å²) in [6.45, 7) is 5.66. The Bertz CT molecular complexity index is 410. The molecule has 0 radical (unpaired) electrons. The average molecular weight is 290 g/mol. The molecule has 1 unspecified atom stereocenters. The van der Waals surface area contributed by atoms with E-state index in [2.05, 4.69) is 43.0 Å². The molecule has 0 spiro atoms. The van der Waals surface area contributed by atoms with E-state index >= 15 is 0 Å². The highest BCUT2D eigenvalue weighted by Crippen LogP contribution is 2.32. The van der Waals surface area contributed by atoms with E-state index in [1.807, 2.05) is 0 Å². The lowest BCUT2D eigenvalue weighted by Gasteiger charge is -2.40. The van der Waals surface area contributed by atoms with Gasteiger partial charge in [-0.05, 0) is 56.3 Å². The van der Waals surface area contributed by atoms with Crippen LogP contribution in [0.2, 0.25) is 0 Å². The van der Waals surface area contributed by atoms with E-state index in [0.29, 0.717) is 18.1 Å². The summed E-state index contributed by atoms with van der Waals surface area (Å²) < 4.78 is 5.27. The number of hydrogen-bond donors (Lipinski definition) is 1. The number of ether oxygens (including phenoxy) is 1. The molecule has 2 rings (SSSR count). The SMILES string of the molecule is CCC(c1ccc(OC)cc1)N(CC)C1CCC(N)CC1. The van der Waals surface area contributed by atoms with Gasteiger partial charge in [0, 0.05) is 18.1 Å². The normalized spacial score (nSPS) is 24.0. The minimum absolute atomic E-state index is 0.418. The molecule has 0 amide bonds. The fourth-order valence-corrected chi connectivity index (χ4v) is 3.65. The molecule has 118 valence electrons. The fourth-order valence-electron chi connectivity index (χ4n) is 3.65. The monoisotopic (exact) mass is 290 g/mol. The molecular weight excluding hydrogens is 260 g/mol. The summed E-state index contributed by atoms with van der Waals surface area (Å²) in [5.74, 6) is 0.931. The molecule has 2 N–H and O–H groups in total. The van der Waals surface area contributed by atoms with Gasteiger partial charge in [0.2, 0.25) is 0 Å². The number of nitrogens with zero attached hydrogens (tertiary/aromatic N) is 1. The molecular formula is C18H30N2O. The Hall–Kier alpha value is -1.06. The quantitative estimate of drug-likeness (QED) is 0.867. The molecule has 21 heavy (non-hydrogen) atoms. The predicted molar refractivity (Wildman–Crippen MR) is 88.6 cm³/mol. The van der Waals surface area contributed by atoms with Crippen LogP contribution in [0.4, 0.5) is 0 Å². The number of nitrogens with two attached hydrogens (primary N) is 1. The first-order valence-electron chi connectivity index (χ1n) is 8.34. The highest BCUT2D eigenvalue weighted by molar-refractivity contribution is 5.29. The standard InChI is InChI=1S/C18H30N2O/c1-4-18(14-6-12-17(21-3)13-7-14)20(5-2)16-10-8-15(19)9-11-16/h6-7,12-13,15-16,18H,4-5,8-11,19H2,1-3H3. The Morgan fingerprint density at radius 2 is 1.76 bits per heavy atom. The molecule has 1 atom stereocenters. The van der Waals surface area contributed by atoms with E-state index < -0.39 is 0 Å². The zero-order valence-electron chi connectivity index (χ0n) is 13.7. The van der Waals surface area contributed by atoms with Crippen LogP contribution in [0, 0.1) is 0 Å². The van der Waals surface area contributed by atoms with Crippen molar-refractivity contribution in [1.82, 2.24) is 4.90 Å². The van der Waals surface area contributed by atoms with Crippen LogP contribution in [0.25, 0.3) is 0 Å². The van der Waals surface area contributed by atoms with Gasteiger partial charge in [-0.25, -0.2) is 0 Å².